The van der Waals surface area contributed by atoms with E-state index in [0.29, 0.717) is 18.2 Å². The van der Waals surface area contributed by atoms with Gasteiger partial charge in [-0.1, -0.05) is 62.6 Å². The number of ether oxygens (including phenoxy) is 1. The fourth-order valence-corrected chi connectivity index (χ4v) is 4.87. The molecule has 1 fully saturated rings. The molecule has 5 nitrogen and oxygen atoms in total. The maximum absolute atomic E-state index is 12.8. The molecule has 1 aliphatic rings. The molecule has 0 bridgehead atoms. The van der Waals surface area contributed by atoms with Gasteiger partial charge in [0.25, 0.3) is 0 Å². The highest BCUT2D eigenvalue weighted by molar-refractivity contribution is 5.81. The van der Waals surface area contributed by atoms with E-state index in [2.05, 4.69) is 15.9 Å². The zero-order valence-electron chi connectivity index (χ0n) is 19.6. The second-order valence-electron chi connectivity index (χ2n) is 9.03. The van der Waals surface area contributed by atoms with Gasteiger partial charge in [0.2, 0.25) is 0 Å². The summed E-state index contributed by atoms with van der Waals surface area (Å²) >= 11 is 0. The van der Waals surface area contributed by atoms with E-state index in [9.17, 15) is 4.79 Å². The van der Waals surface area contributed by atoms with Crippen LogP contribution in [0.15, 0.2) is 79.0 Å². The number of nitrogens with one attached hydrogen (secondary N) is 1. The van der Waals surface area contributed by atoms with Crippen molar-refractivity contribution in [3.63, 3.8) is 0 Å². The number of hydrogen-bond donors (Lipinski definition) is 1. The Morgan fingerprint density at radius 3 is 2.47 bits per heavy atom. The topological polar surface area (TPSA) is 55.6 Å². The van der Waals surface area contributed by atoms with Gasteiger partial charge in [-0.3, -0.25) is 9.20 Å². The third-order valence-corrected chi connectivity index (χ3v) is 6.72. The molecule has 2 aromatic carbocycles. The van der Waals surface area contributed by atoms with Crippen LogP contribution in [-0.2, 0) is 4.79 Å². The van der Waals surface area contributed by atoms with Crippen molar-refractivity contribution in [1.29, 1.82) is 0 Å². The van der Waals surface area contributed by atoms with Crippen LogP contribution < -0.4 is 10.1 Å². The van der Waals surface area contributed by atoms with E-state index in [1.807, 2.05) is 79.7 Å². The lowest BCUT2D eigenvalue weighted by Crippen LogP contribution is -2.23. The number of esters is 1. The monoisotopic (exact) mass is 453 g/mol. The lowest BCUT2D eigenvalue weighted by Gasteiger charge is -2.24. The average molecular weight is 454 g/mol. The molecule has 1 aliphatic carbocycles. The lowest BCUT2D eigenvalue weighted by molar-refractivity contribution is -0.136. The third-order valence-electron chi connectivity index (χ3n) is 6.72. The SMILES string of the molecule is CCC(C(=O)Oc1ccc(-c2nc3ccccn3c2NC2CCCCC2)cc1)c1ccccc1. The van der Waals surface area contributed by atoms with Gasteiger partial charge < -0.3 is 10.1 Å². The van der Waals surface area contributed by atoms with Crippen molar-refractivity contribution in [2.24, 2.45) is 0 Å². The van der Waals surface area contributed by atoms with Gasteiger partial charge in [-0.25, -0.2) is 4.98 Å². The summed E-state index contributed by atoms with van der Waals surface area (Å²) in [7, 11) is 0. The molecule has 1 atom stereocenters. The van der Waals surface area contributed by atoms with Gasteiger partial charge in [0.15, 0.2) is 0 Å². The summed E-state index contributed by atoms with van der Waals surface area (Å²) in [5.74, 6) is 1.08. The molecular formula is C29H31N3O2. The Labute approximate surface area is 200 Å². The maximum atomic E-state index is 12.8. The molecule has 1 unspecified atom stereocenters. The van der Waals surface area contributed by atoms with Gasteiger partial charge >= 0.3 is 5.97 Å². The molecule has 1 saturated carbocycles. The van der Waals surface area contributed by atoms with Crippen LogP contribution in [-0.4, -0.2) is 21.4 Å². The highest BCUT2D eigenvalue weighted by Crippen LogP contribution is 2.33. The standard InChI is InChI=1S/C29H31N3O2/c1-2-25(21-11-5-3-6-12-21)29(33)34-24-18-16-22(17-19-24)27-28(30-23-13-7-4-8-14-23)32-20-10-9-15-26(32)31-27/h3,5-6,9-12,15-20,23,25,30H,2,4,7-8,13-14H2,1H3. The number of aromatic nitrogens is 2. The molecular weight excluding hydrogens is 422 g/mol. The molecule has 5 heteroatoms. The van der Waals surface area contributed by atoms with E-state index in [-0.39, 0.29) is 11.9 Å². The van der Waals surface area contributed by atoms with Gasteiger partial charge in [0, 0.05) is 17.8 Å². The molecule has 0 amide bonds. The molecule has 5 rings (SSSR count). The second-order valence-corrected chi connectivity index (χ2v) is 9.03. The molecule has 0 radical (unpaired) electrons. The van der Waals surface area contributed by atoms with E-state index in [4.69, 9.17) is 9.72 Å². The molecule has 1 N–H and O–H groups in total. The minimum absolute atomic E-state index is 0.228. The molecule has 4 aromatic rings. The first-order chi connectivity index (χ1) is 16.7. The summed E-state index contributed by atoms with van der Waals surface area (Å²) in [5, 5.41) is 3.77. The number of pyridine rings is 1. The van der Waals surface area contributed by atoms with Crippen LogP contribution in [0.1, 0.15) is 56.9 Å². The summed E-state index contributed by atoms with van der Waals surface area (Å²) in [6, 6.07) is 24.0. The Hall–Kier alpha value is -3.60. The van der Waals surface area contributed by atoms with Crippen LogP contribution in [0.2, 0.25) is 0 Å². The highest BCUT2D eigenvalue weighted by Gasteiger charge is 2.22. The number of carbonyl (C=O) groups excluding carboxylic acids is 1. The Morgan fingerprint density at radius 2 is 1.74 bits per heavy atom. The van der Waals surface area contributed by atoms with Crippen LogP contribution in [0.25, 0.3) is 16.9 Å². The first-order valence-electron chi connectivity index (χ1n) is 12.3. The Bertz CT molecular complexity index is 1240. The number of fused-ring (bicyclic) bond motifs is 1. The van der Waals surface area contributed by atoms with E-state index in [0.717, 1.165) is 28.3 Å². The van der Waals surface area contributed by atoms with E-state index >= 15 is 0 Å². The fraction of sp³-hybridized carbons (Fsp3) is 0.310. The van der Waals surface area contributed by atoms with Crippen molar-refractivity contribution < 1.29 is 9.53 Å². The number of benzene rings is 2. The predicted octanol–water partition coefficient (Wildman–Crippen LogP) is 6.85. The summed E-state index contributed by atoms with van der Waals surface area (Å²) < 4.78 is 7.87. The van der Waals surface area contributed by atoms with Crippen molar-refractivity contribution >= 4 is 17.4 Å². The summed E-state index contributed by atoms with van der Waals surface area (Å²) in [6.07, 6.45) is 8.99. The van der Waals surface area contributed by atoms with Crippen LogP contribution in [0.5, 0.6) is 5.75 Å². The maximum Gasteiger partial charge on any atom is 0.318 e. The van der Waals surface area contributed by atoms with Crippen LogP contribution in [0.3, 0.4) is 0 Å². The Kier molecular flexibility index (Phi) is 6.61. The van der Waals surface area contributed by atoms with Crippen LogP contribution >= 0.6 is 0 Å². The minimum Gasteiger partial charge on any atom is -0.426 e. The lowest BCUT2D eigenvalue weighted by atomic mass is 9.95. The quantitative estimate of drug-likeness (QED) is 0.246. The smallest absolute Gasteiger partial charge is 0.318 e. The zero-order valence-corrected chi connectivity index (χ0v) is 19.6. The van der Waals surface area contributed by atoms with E-state index in [1.54, 1.807) is 0 Å². The van der Waals surface area contributed by atoms with Gasteiger partial charge in [0.05, 0.1) is 5.92 Å². The largest absolute Gasteiger partial charge is 0.426 e. The fourth-order valence-electron chi connectivity index (χ4n) is 4.87. The van der Waals surface area contributed by atoms with Crippen molar-refractivity contribution in [3.05, 3.63) is 84.6 Å². The first-order valence-corrected chi connectivity index (χ1v) is 12.3. The highest BCUT2D eigenvalue weighted by atomic mass is 16.5. The third kappa shape index (κ3) is 4.69. The Balaban J connectivity index is 1.38. The van der Waals surface area contributed by atoms with Gasteiger partial charge in [0.1, 0.15) is 22.9 Å². The number of anilines is 1. The Morgan fingerprint density at radius 1 is 1.00 bits per heavy atom. The predicted molar refractivity (Wildman–Crippen MR) is 136 cm³/mol. The van der Waals surface area contributed by atoms with Gasteiger partial charge in [-0.2, -0.15) is 0 Å². The first kappa shape index (κ1) is 22.2. The number of carbonyl (C=O) groups is 1. The normalized spacial score (nSPS) is 15.2. The average Bonchev–Trinajstić information content (AvgIpc) is 3.24. The second kappa shape index (κ2) is 10.1. The van der Waals surface area contributed by atoms with Gasteiger partial charge in [-0.15, -0.1) is 0 Å². The molecule has 2 aromatic heterocycles. The summed E-state index contributed by atoms with van der Waals surface area (Å²) in [5.41, 5.74) is 3.82. The van der Waals surface area contributed by atoms with Crippen molar-refractivity contribution in [2.75, 3.05) is 5.32 Å². The van der Waals surface area contributed by atoms with E-state index < -0.39 is 0 Å². The number of rotatable bonds is 7. The van der Waals surface area contributed by atoms with Crippen LogP contribution in [0.4, 0.5) is 5.82 Å². The molecule has 0 spiro atoms. The van der Waals surface area contributed by atoms with Crippen LogP contribution in [0, 0.1) is 0 Å². The molecule has 0 aliphatic heterocycles. The molecule has 174 valence electrons. The molecule has 34 heavy (non-hydrogen) atoms. The summed E-state index contributed by atoms with van der Waals surface area (Å²) in [4.78, 5) is 17.8. The zero-order chi connectivity index (χ0) is 23.3. The van der Waals surface area contributed by atoms with E-state index in [1.165, 1.54) is 32.1 Å². The van der Waals surface area contributed by atoms with Crippen molar-refractivity contribution in [1.82, 2.24) is 9.38 Å². The number of imidazole rings is 1. The van der Waals surface area contributed by atoms with Crippen molar-refractivity contribution in [3.8, 4) is 17.0 Å². The number of hydrogen-bond acceptors (Lipinski definition) is 4. The molecule has 2 heterocycles. The summed E-state index contributed by atoms with van der Waals surface area (Å²) in [6.45, 7) is 2.01. The number of nitrogens with zero attached hydrogens (tertiary/aromatic N) is 2. The van der Waals surface area contributed by atoms with Crippen molar-refractivity contribution in [2.45, 2.75) is 57.4 Å². The van der Waals surface area contributed by atoms with Gasteiger partial charge in [-0.05, 0) is 61.2 Å². The molecule has 0 saturated heterocycles. The minimum atomic E-state index is -0.273.